The van der Waals surface area contributed by atoms with Crippen LogP contribution in [0.3, 0.4) is 0 Å². The molecule has 2 aromatic carbocycles. The first-order chi connectivity index (χ1) is 13.8. The Kier molecular flexibility index (Phi) is 4.91. The van der Waals surface area contributed by atoms with Gasteiger partial charge in [0.15, 0.2) is 5.58 Å². The van der Waals surface area contributed by atoms with Crippen LogP contribution in [-0.2, 0) is 16.6 Å². The fraction of sp³-hybridized carbons (Fsp3) is 0.0500. The Labute approximate surface area is 171 Å². The lowest BCUT2D eigenvalue weighted by molar-refractivity contribution is 0.101. The molecular formula is C20H16ClN3O4S. The van der Waals surface area contributed by atoms with Gasteiger partial charge in [0.1, 0.15) is 5.69 Å². The van der Waals surface area contributed by atoms with Crippen LogP contribution in [0.2, 0.25) is 5.02 Å². The topological polar surface area (TPSA) is 107 Å². The molecule has 0 unspecified atom stereocenters. The molecule has 0 radical (unpaired) electrons. The summed E-state index contributed by atoms with van der Waals surface area (Å²) >= 11 is 5.95. The van der Waals surface area contributed by atoms with Crippen molar-refractivity contribution >= 4 is 44.3 Å². The van der Waals surface area contributed by atoms with Crippen molar-refractivity contribution in [3.05, 3.63) is 83.2 Å². The molecule has 0 aliphatic heterocycles. The molecule has 0 atom stereocenters. The Hall–Kier alpha value is -3.07. The predicted octanol–water partition coefficient (Wildman–Crippen LogP) is 3.84. The fourth-order valence-corrected chi connectivity index (χ4v) is 3.67. The van der Waals surface area contributed by atoms with E-state index < -0.39 is 10.0 Å². The number of sulfonamides is 1. The average Bonchev–Trinajstić information content (AvgIpc) is 3.26. The number of nitrogens with one attached hydrogen (secondary N) is 1. The second kappa shape index (κ2) is 7.40. The molecule has 2 heterocycles. The standard InChI is InChI=1S/C20H16ClN3O4S/c21-14-3-1-13(2-4-14)12-24-17-9-10-28-19(17)11-18(24)20(25)23-15-5-7-16(8-6-15)29(22,26)27/h1-11H,12H2,(H,23,25)(H2,22,26,27). The van der Waals surface area contributed by atoms with E-state index in [0.29, 0.717) is 28.5 Å². The summed E-state index contributed by atoms with van der Waals surface area (Å²) in [5.74, 6) is -0.353. The number of primary sulfonamides is 1. The number of nitrogens with two attached hydrogens (primary N) is 1. The maximum Gasteiger partial charge on any atom is 0.272 e. The summed E-state index contributed by atoms with van der Waals surface area (Å²) in [4.78, 5) is 12.9. The third-order valence-corrected chi connectivity index (χ3v) is 5.63. The predicted molar refractivity (Wildman–Crippen MR) is 111 cm³/mol. The van der Waals surface area contributed by atoms with Crippen LogP contribution < -0.4 is 10.5 Å². The highest BCUT2D eigenvalue weighted by atomic mass is 35.5. The lowest BCUT2D eigenvalue weighted by Gasteiger charge is -2.11. The molecule has 0 aliphatic carbocycles. The number of aromatic nitrogens is 1. The van der Waals surface area contributed by atoms with Crippen LogP contribution in [0.25, 0.3) is 11.1 Å². The minimum absolute atomic E-state index is 0.0286. The molecule has 4 aromatic rings. The van der Waals surface area contributed by atoms with Gasteiger partial charge in [0.2, 0.25) is 10.0 Å². The van der Waals surface area contributed by atoms with Crippen molar-refractivity contribution in [2.75, 3.05) is 5.32 Å². The van der Waals surface area contributed by atoms with Crippen LogP contribution in [0.1, 0.15) is 16.1 Å². The van der Waals surface area contributed by atoms with Crippen LogP contribution in [-0.4, -0.2) is 18.9 Å². The van der Waals surface area contributed by atoms with E-state index >= 15 is 0 Å². The Morgan fingerprint density at radius 3 is 2.41 bits per heavy atom. The summed E-state index contributed by atoms with van der Waals surface area (Å²) < 4.78 is 30.0. The van der Waals surface area contributed by atoms with Gasteiger partial charge in [-0.2, -0.15) is 0 Å². The summed E-state index contributed by atoms with van der Waals surface area (Å²) in [5.41, 5.74) is 3.20. The minimum atomic E-state index is -3.79. The summed E-state index contributed by atoms with van der Waals surface area (Å²) in [5, 5.41) is 8.50. The van der Waals surface area contributed by atoms with Crippen LogP contribution in [0.4, 0.5) is 5.69 Å². The summed E-state index contributed by atoms with van der Waals surface area (Å²) in [6.45, 7) is 0.452. The van der Waals surface area contributed by atoms with E-state index in [1.54, 1.807) is 30.5 Å². The quantitative estimate of drug-likeness (QED) is 0.502. The van der Waals surface area contributed by atoms with Crippen molar-refractivity contribution in [2.24, 2.45) is 5.14 Å². The Bertz CT molecular complexity index is 1290. The number of benzene rings is 2. The van der Waals surface area contributed by atoms with E-state index in [1.165, 1.54) is 24.3 Å². The number of carbonyl (C=O) groups excluding carboxylic acids is 1. The highest BCUT2D eigenvalue weighted by molar-refractivity contribution is 7.89. The van der Waals surface area contributed by atoms with Gasteiger partial charge in [0.25, 0.3) is 5.91 Å². The molecule has 29 heavy (non-hydrogen) atoms. The van der Waals surface area contributed by atoms with Crippen LogP contribution in [0.5, 0.6) is 0 Å². The van der Waals surface area contributed by atoms with E-state index in [2.05, 4.69) is 5.32 Å². The van der Waals surface area contributed by atoms with Crippen molar-refractivity contribution < 1.29 is 17.6 Å². The zero-order valence-corrected chi connectivity index (χ0v) is 16.6. The van der Waals surface area contributed by atoms with Crippen LogP contribution in [0, 0.1) is 0 Å². The largest absolute Gasteiger partial charge is 0.463 e. The second-order valence-corrected chi connectivity index (χ2v) is 8.43. The molecule has 7 nitrogen and oxygen atoms in total. The van der Waals surface area contributed by atoms with E-state index in [1.807, 2.05) is 16.7 Å². The molecule has 0 saturated heterocycles. The van der Waals surface area contributed by atoms with Crippen molar-refractivity contribution in [1.82, 2.24) is 4.57 Å². The number of furan rings is 1. The number of amides is 1. The number of anilines is 1. The summed E-state index contributed by atoms with van der Waals surface area (Å²) in [6.07, 6.45) is 1.57. The zero-order chi connectivity index (χ0) is 20.6. The molecule has 9 heteroatoms. The van der Waals surface area contributed by atoms with Gasteiger partial charge in [-0.25, -0.2) is 13.6 Å². The van der Waals surface area contributed by atoms with Gasteiger partial charge in [-0.1, -0.05) is 23.7 Å². The number of hydrogen-bond donors (Lipinski definition) is 2. The number of nitrogens with zero attached hydrogens (tertiary/aromatic N) is 1. The first-order valence-electron chi connectivity index (χ1n) is 8.57. The maximum absolute atomic E-state index is 12.9. The molecule has 0 saturated carbocycles. The summed E-state index contributed by atoms with van der Waals surface area (Å²) in [6, 6.07) is 16.5. The van der Waals surface area contributed by atoms with Crippen LogP contribution in [0.15, 0.2) is 76.2 Å². The smallest absolute Gasteiger partial charge is 0.272 e. The molecule has 0 aliphatic rings. The molecule has 0 fully saturated rings. The minimum Gasteiger partial charge on any atom is -0.463 e. The number of hydrogen-bond acceptors (Lipinski definition) is 4. The number of carbonyl (C=O) groups is 1. The van der Waals surface area contributed by atoms with Crippen molar-refractivity contribution in [1.29, 1.82) is 0 Å². The molecule has 0 bridgehead atoms. The van der Waals surface area contributed by atoms with Crippen molar-refractivity contribution in [2.45, 2.75) is 11.4 Å². The second-order valence-electron chi connectivity index (χ2n) is 6.44. The number of halogens is 1. The highest BCUT2D eigenvalue weighted by Crippen LogP contribution is 2.24. The Balaban J connectivity index is 1.63. The summed E-state index contributed by atoms with van der Waals surface area (Å²) in [7, 11) is -3.79. The van der Waals surface area contributed by atoms with Gasteiger partial charge in [0, 0.05) is 29.4 Å². The lowest BCUT2D eigenvalue weighted by atomic mass is 10.2. The van der Waals surface area contributed by atoms with E-state index in [-0.39, 0.29) is 10.8 Å². The zero-order valence-electron chi connectivity index (χ0n) is 15.0. The van der Waals surface area contributed by atoms with E-state index in [0.717, 1.165) is 11.1 Å². The normalized spacial score (nSPS) is 11.7. The van der Waals surface area contributed by atoms with Crippen molar-refractivity contribution in [3.8, 4) is 0 Å². The van der Waals surface area contributed by atoms with Gasteiger partial charge in [-0.3, -0.25) is 4.79 Å². The first-order valence-corrected chi connectivity index (χ1v) is 10.5. The molecule has 0 spiro atoms. The monoisotopic (exact) mass is 429 g/mol. The SMILES string of the molecule is NS(=O)(=O)c1ccc(NC(=O)c2cc3occc3n2Cc2ccc(Cl)cc2)cc1. The fourth-order valence-electron chi connectivity index (χ4n) is 3.03. The van der Waals surface area contributed by atoms with E-state index in [4.69, 9.17) is 21.2 Å². The van der Waals surface area contributed by atoms with Gasteiger partial charge in [-0.15, -0.1) is 0 Å². The van der Waals surface area contributed by atoms with Crippen molar-refractivity contribution in [3.63, 3.8) is 0 Å². The molecule has 2 aromatic heterocycles. The molecule has 3 N–H and O–H groups in total. The van der Waals surface area contributed by atoms with Gasteiger partial charge < -0.3 is 14.3 Å². The Morgan fingerprint density at radius 2 is 1.76 bits per heavy atom. The van der Waals surface area contributed by atoms with E-state index in [9.17, 15) is 13.2 Å². The Morgan fingerprint density at radius 1 is 1.07 bits per heavy atom. The molecule has 1 amide bonds. The average molecular weight is 430 g/mol. The van der Waals surface area contributed by atoms with Gasteiger partial charge >= 0.3 is 0 Å². The number of fused-ring (bicyclic) bond motifs is 1. The third kappa shape index (κ3) is 4.04. The molecule has 148 valence electrons. The lowest BCUT2D eigenvalue weighted by Crippen LogP contribution is -2.18. The third-order valence-electron chi connectivity index (χ3n) is 4.45. The highest BCUT2D eigenvalue weighted by Gasteiger charge is 2.18. The van der Waals surface area contributed by atoms with Crippen LogP contribution >= 0.6 is 11.6 Å². The van der Waals surface area contributed by atoms with Gasteiger partial charge in [0.05, 0.1) is 16.7 Å². The van der Waals surface area contributed by atoms with Gasteiger partial charge in [-0.05, 0) is 42.0 Å². The molecular weight excluding hydrogens is 414 g/mol. The number of rotatable bonds is 5. The first kappa shape index (κ1) is 19.3. The molecule has 4 rings (SSSR count). The maximum atomic E-state index is 12.9.